The zero-order valence-corrected chi connectivity index (χ0v) is 11.2. The summed E-state index contributed by atoms with van der Waals surface area (Å²) in [6.45, 7) is 0. The van der Waals surface area contributed by atoms with Crippen LogP contribution in [0.2, 0.25) is 0 Å². The monoisotopic (exact) mass is 326 g/mol. The van der Waals surface area contributed by atoms with E-state index < -0.39 is 17.5 Å². The van der Waals surface area contributed by atoms with Crippen LogP contribution in [-0.4, -0.2) is 5.91 Å². The van der Waals surface area contributed by atoms with Crippen molar-refractivity contribution < 1.29 is 13.6 Å². The lowest BCUT2D eigenvalue weighted by Gasteiger charge is -2.09. The summed E-state index contributed by atoms with van der Waals surface area (Å²) in [6.07, 6.45) is 0. The summed E-state index contributed by atoms with van der Waals surface area (Å²) in [5.41, 5.74) is 5.62. The number of nitrogens with two attached hydrogens (primary N) is 1. The molecule has 98 valence electrons. The lowest BCUT2D eigenvalue weighted by molar-refractivity contribution is 0.102. The lowest BCUT2D eigenvalue weighted by atomic mass is 10.2. The van der Waals surface area contributed by atoms with E-state index in [-0.39, 0.29) is 16.9 Å². The number of amides is 1. The van der Waals surface area contributed by atoms with Gasteiger partial charge in [-0.1, -0.05) is 22.0 Å². The van der Waals surface area contributed by atoms with E-state index in [9.17, 15) is 13.6 Å². The summed E-state index contributed by atoms with van der Waals surface area (Å²) in [7, 11) is 0. The van der Waals surface area contributed by atoms with Crippen LogP contribution in [0.4, 0.5) is 20.2 Å². The summed E-state index contributed by atoms with van der Waals surface area (Å²) in [6, 6.07) is 7.76. The predicted molar refractivity (Wildman–Crippen MR) is 72.9 cm³/mol. The second kappa shape index (κ2) is 5.36. The Kier molecular flexibility index (Phi) is 3.80. The van der Waals surface area contributed by atoms with Crippen molar-refractivity contribution in [1.29, 1.82) is 0 Å². The molecule has 6 heteroatoms. The molecule has 0 aliphatic heterocycles. The second-order valence-corrected chi connectivity index (χ2v) is 4.73. The summed E-state index contributed by atoms with van der Waals surface area (Å²) in [5, 5.41) is 2.32. The molecule has 2 aromatic rings. The number of benzene rings is 2. The van der Waals surface area contributed by atoms with Gasteiger partial charge in [-0.3, -0.25) is 4.79 Å². The maximum atomic E-state index is 13.5. The summed E-state index contributed by atoms with van der Waals surface area (Å²) >= 11 is 3.08. The summed E-state index contributed by atoms with van der Waals surface area (Å²) in [5.74, 6) is -1.86. The van der Waals surface area contributed by atoms with Crippen LogP contribution in [0.5, 0.6) is 0 Å². The Morgan fingerprint density at radius 2 is 1.95 bits per heavy atom. The minimum absolute atomic E-state index is 0.0644. The average Bonchev–Trinajstić information content (AvgIpc) is 2.32. The molecule has 3 N–H and O–H groups in total. The van der Waals surface area contributed by atoms with Gasteiger partial charge in [-0.05, 0) is 30.3 Å². The Balaban J connectivity index is 2.31. The van der Waals surface area contributed by atoms with E-state index in [2.05, 4.69) is 21.2 Å². The standard InChI is InChI=1S/C13H9BrF2N2O/c14-8-4-7(5-9(15)6-8)13(19)18-12-10(16)2-1-3-11(12)17/h1-6H,17H2,(H,18,19). The van der Waals surface area contributed by atoms with Gasteiger partial charge in [-0.2, -0.15) is 0 Å². The fraction of sp³-hybridized carbons (Fsp3) is 0. The quantitative estimate of drug-likeness (QED) is 0.829. The van der Waals surface area contributed by atoms with Crippen LogP contribution in [0.3, 0.4) is 0 Å². The van der Waals surface area contributed by atoms with Crippen LogP contribution in [0.1, 0.15) is 10.4 Å². The van der Waals surface area contributed by atoms with Gasteiger partial charge in [0, 0.05) is 10.0 Å². The fourth-order valence-electron chi connectivity index (χ4n) is 1.54. The molecule has 0 aromatic heterocycles. The number of nitrogen functional groups attached to an aromatic ring is 1. The minimum atomic E-state index is -0.649. The molecule has 0 spiro atoms. The minimum Gasteiger partial charge on any atom is -0.397 e. The first-order valence-corrected chi connectivity index (χ1v) is 6.08. The molecule has 3 nitrogen and oxygen atoms in total. The van der Waals surface area contributed by atoms with Crippen LogP contribution in [0.25, 0.3) is 0 Å². The van der Waals surface area contributed by atoms with Gasteiger partial charge in [0.15, 0.2) is 0 Å². The predicted octanol–water partition coefficient (Wildman–Crippen LogP) is 3.56. The lowest BCUT2D eigenvalue weighted by Crippen LogP contribution is -2.14. The highest BCUT2D eigenvalue weighted by atomic mass is 79.9. The number of carbonyl (C=O) groups is 1. The van der Waals surface area contributed by atoms with E-state index in [1.54, 1.807) is 0 Å². The van der Waals surface area contributed by atoms with Crippen molar-refractivity contribution in [3.63, 3.8) is 0 Å². The largest absolute Gasteiger partial charge is 0.397 e. The summed E-state index contributed by atoms with van der Waals surface area (Å²) in [4.78, 5) is 11.9. The molecule has 0 heterocycles. The van der Waals surface area contributed by atoms with Crippen molar-refractivity contribution in [1.82, 2.24) is 0 Å². The van der Waals surface area contributed by atoms with Crippen LogP contribution >= 0.6 is 15.9 Å². The van der Waals surface area contributed by atoms with Gasteiger partial charge in [0.25, 0.3) is 5.91 Å². The van der Waals surface area contributed by atoms with Gasteiger partial charge in [-0.15, -0.1) is 0 Å². The third-order valence-corrected chi connectivity index (χ3v) is 2.87. The first kappa shape index (κ1) is 13.5. The smallest absolute Gasteiger partial charge is 0.255 e. The van der Waals surface area contributed by atoms with Crippen LogP contribution in [0, 0.1) is 11.6 Å². The van der Waals surface area contributed by atoms with E-state index in [4.69, 9.17) is 5.73 Å². The van der Waals surface area contributed by atoms with Gasteiger partial charge in [0.1, 0.15) is 17.3 Å². The molecule has 2 aromatic carbocycles. The third kappa shape index (κ3) is 3.08. The molecule has 19 heavy (non-hydrogen) atoms. The number of anilines is 2. The van der Waals surface area contributed by atoms with Crippen molar-refractivity contribution in [2.24, 2.45) is 0 Å². The Labute approximate surface area is 116 Å². The van der Waals surface area contributed by atoms with Crippen molar-refractivity contribution in [3.05, 3.63) is 58.1 Å². The molecule has 0 atom stereocenters. The number of hydrogen-bond donors (Lipinski definition) is 2. The van der Waals surface area contributed by atoms with Gasteiger partial charge in [0.2, 0.25) is 0 Å². The molecule has 0 aliphatic rings. The number of hydrogen-bond acceptors (Lipinski definition) is 2. The van der Waals surface area contributed by atoms with Gasteiger partial charge < -0.3 is 11.1 Å². The van der Waals surface area contributed by atoms with Crippen molar-refractivity contribution in [2.75, 3.05) is 11.1 Å². The highest BCUT2D eigenvalue weighted by Crippen LogP contribution is 2.23. The average molecular weight is 327 g/mol. The number of nitrogens with one attached hydrogen (secondary N) is 1. The van der Waals surface area contributed by atoms with Gasteiger partial charge in [0.05, 0.1) is 5.69 Å². The number of carbonyl (C=O) groups excluding carboxylic acids is 1. The highest BCUT2D eigenvalue weighted by Gasteiger charge is 2.13. The van der Waals surface area contributed by atoms with Gasteiger partial charge in [-0.25, -0.2) is 8.78 Å². The molecule has 0 saturated carbocycles. The molecule has 2 rings (SSSR count). The molecule has 0 aliphatic carbocycles. The molecule has 0 radical (unpaired) electrons. The third-order valence-electron chi connectivity index (χ3n) is 2.41. The van der Waals surface area contributed by atoms with E-state index in [0.717, 1.165) is 6.07 Å². The fourth-order valence-corrected chi connectivity index (χ4v) is 2.01. The normalized spacial score (nSPS) is 10.3. The van der Waals surface area contributed by atoms with Crippen molar-refractivity contribution in [2.45, 2.75) is 0 Å². The first-order chi connectivity index (χ1) is 8.97. The zero-order chi connectivity index (χ0) is 14.0. The van der Waals surface area contributed by atoms with Gasteiger partial charge >= 0.3 is 0 Å². The Bertz CT molecular complexity index is 606. The number of para-hydroxylation sites is 1. The van der Waals surface area contributed by atoms with Crippen LogP contribution in [0.15, 0.2) is 40.9 Å². The molecular weight excluding hydrogens is 318 g/mol. The molecule has 0 unspecified atom stereocenters. The Morgan fingerprint density at radius 1 is 1.21 bits per heavy atom. The topological polar surface area (TPSA) is 55.1 Å². The van der Waals surface area contributed by atoms with Crippen LogP contribution in [-0.2, 0) is 0 Å². The molecular formula is C13H9BrF2N2O. The number of halogens is 3. The SMILES string of the molecule is Nc1cccc(F)c1NC(=O)c1cc(F)cc(Br)c1. The second-order valence-electron chi connectivity index (χ2n) is 3.82. The van der Waals surface area contributed by atoms with Crippen molar-refractivity contribution >= 4 is 33.2 Å². The van der Waals surface area contributed by atoms with E-state index in [1.807, 2.05) is 0 Å². The molecule has 0 fully saturated rings. The zero-order valence-electron chi connectivity index (χ0n) is 9.58. The molecule has 0 saturated heterocycles. The molecule has 0 bridgehead atoms. The number of rotatable bonds is 2. The Hall–Kier alpha value is -1.95. The van der Waals surface area contributed by atoms with E-state index in [0.29, 0.717) is 4.47 Å². The molecule has 1 amide bonds. The van der Waals surface area contributed by atoms with E-state index >= 15 is 0 Å². The Morgan fingerprint density at radius 3 is 2.58 bits per heavy atom. The highest BCUT2D eigenvalue weighted by molar-refractivity contribution is 9.10. The van der Waals surface area contributed by atoms with Crippen LogP contribution < -0.4 is 11.1 Å². The van der Waals surface area contributed by atoms with E-state index in [1.165, 1.54) is 30.3 Å². The first-order valence-electron chi connectivity index (χ1n) is 5.29. The summed E-state index contributed by atoms with van der Waals surface area (Å²) < 4.78 is 27.1. The maximum absolute atomic E-state index is 13.5. The maximum Gasteiger partial charge on any atom is 0.255 e. The van der Waals surface area contributed by atoms with Crippen molar-refractivity contribution in [3.8, 4) is 0 Å².